The van der Waals surface area contributed by atoms with Crippen LogP contribution in [0.2, 0.25) is 5.02 Å². The van der Waals surface area contributed by atoms with Gasteiger partial charge < -0.3 is 0 Å². The van der Waals surface area contributed by atoms with Crippen molar-refractivity contribution in [2.24, 2.45) is 0 Å². The minimum Gasteiger partial charge on any atom is -0.236 e. The van der Waals surface area contributed by atoms with Crippen LogP contribution in [0.1, 0.15) is 24.6 Å². The first-order valence-electron chi connectivity index (χ1n) is 7.53. The molecule has 0 saturated heterocycles. The molecule has 0 saturated carbocycles. The van der Waals surface area contributed by atoms with Gasteiger partial charge in [-0.25, -0.2) is 17.4 Å². The Morgan fingerprint density at radius 3 is 2.54 bits per heavy atom. The predicted octanol–water partition coefficient (Wildman–Crippen LogP) is 4.95. The predicted molar refractivity (Wildman–Crippen MR) is 100 cm³/mol. The van der Waals surface area contributed by atoms with Crippen LogP contribution in [0, 0.1) is 6.92 Å². The summed E-state index contributed by atoms with van der Waals surface area (Å²) in [6.45, 7) is 3.92. The summed E-state index contributed by atoms with van der Waals surface area (Å²) in [6, 6.07) is 8.62. The molecule has 0 N–H and O–H groups in total. The Morgan fingerprint density at radius 2 is 1.92 bits per heavy atom. The van der Waals surface area contributed by atoms with E-state index in [1.54, 1.807) is 24.3 Å². The van der Waals surface area contributed by atoms with Crippen LogP contribution in [0.15, 0.2) is 45.9 Å². The van der Waals surface area contributed by atoms with Crippen LogP contribution >= 0.6 is 27.5 Å². The molecule has 0 aliphatic rings. The van der Waals surface area contributed by atoms with Crippen molar-refractivity contribution < 1.29 is 8.42 Å². The van der Waals surface area contributed by atoms with E-state index in [9.17, 15) is 8.42 Å². The molecule has 7 heteroatoms. The Labute approximate surface area is 154 Å². The largest absolute Gasteiger partial charge is 0.269 e. The topological polar surface area (TPSA) is 52.0 Å². The third kappa shape index (κ3) is 2.87. The van der Waals surface area contributed by atoms with Crippen molar-refractivity contribution in [1.82, 2.24) is 8.96 Å². The van der Waals surface area contributed by atoms with Gasteiger partial charge in [-0.3, -0.25) is 0 Å². The number of fused-ring (bicyclic) bond motifs is 1. The summed E-state index contributed by atoms with van der Waals surface area (Å²) in [5, 5.41) is 1.10. The highest BCUT2D eigenvalue weighted by Crippen LogP contribution is 2.34. The van der Waals surface area contributed by atoms with E-state index in [1.807, 2.05) is 19.9 Å². The molecular formula is C17H16BrClN2O2S. The standard InChI is InChI=1S/C17H16BrClN2O2S/c1-3-4-12-9-14-16(19)15(18)10-20-17(14)21(12)24(22,23)13-7-5-11(2)6-8-13/h5-10H,3-4H2,1-2H3. The van der Waals surface area contributed by atoms with Crippen LogP contribution in [0.5, 0.6) is 0 Å². The molecule has 0 aliphatic carbocycles. The van der Waals surface area contributed by atoms with Crippen LogP contribution < -0.4 is 0 Å². The minimum atomic E-state index is -3.74. The number of hydrogen-bond acceptors (Lipinski definition) is 3. The highest BCUT2D eigenvalue weighted by atomic mass is 79.9. The third-order valence-electron chi connectivity index (χ3n) is 3.82. The van der Waals surface area contributed by atoms with Gasteiger partial charge in [0.25, 0.3) is 10.0 Å². The van der Waals surface area contributed by atoms with Crippen molar-refractivity contribution in [1.29, 1.82) is 0 Å². The quantitative estimate of drug-likeness (QED) is 0.592. The van der Waals surface area contributed by atoms with E-state index >= 15 is 0 Å². The zero-order valence-corrected chi connectivity index (χ0v) is 16.4. The fraction of sp³-hybridized carbons (Fsp3) is 0.235. The molecule has 126 valence electrons. The summed E-state index contributed by atoms with van der Waals surface area (Å²) < 4.78 is 28.3. The highest BCUT2D eigenvalue weighted by Gasteiger charge is 2.25. The average molecular weight is 428 g/mol. The number of pyridine rings is 1. The number of hydrogen-bond donors (Lipinski definition) is 0. The molecule has 2 aromatic heterocycles. The Morgan fingerprint density at radius 1 is 1.25 bits per heavy atom. The van der Waals surface area contributed by atoms with Gasteiger partial charge in [0.2, 0.25) is 0 Å². The first-order chi connectivity index (χ1) is 11.4. The minimum absolute atomic E-state index is 0.240. The van der Waals surface area contributed by atoms with Gasteiger partial charge in [0.15, 0.2) is 5.65 Å². The number of nitrogens with zero attached hydrogens (tertiary/aromatic N) is 2. The Bertz CT molecular complexity index is 1010. The zero-order valence-electron chi connectivity index (χ0n) is 13.3. The average Bonchev–Trinajstić information content (AvgIpc) is 2.91. The first-order valence-corrected chi connectivity index (χ1v) is 10.1. The lowest BCUT2D eigenvalue weighted by molar-refractivity contribution is 0.586. The maximum absolute atomic E-state index is 13.2. The van der Waals surface area contributed by atoms with E-state index in [2.05, 4.69) is 20.9 Å². The summed E-state index contributed by atoms with van der Waals surface area (Å²) in [5.74, 6) is 0. The van der Waals surface area contributed by atoms with Crippen LogP contribution in [0.4, 0.5) is 0 Å². The second-order valence-corrected chi connectivity index (χ2v) is 8.64. The lowest BCUT2D eigenvalue weighted by atomic mass is 10.2. The smallest absolute Gasteiger partial charge is 0.236 e. The van der Waals surface area contributed by atoms with Crippen LogP contribution in [-0.2, 0) is 16.4 Å². The maximum Gasteiger partial charge on any atom is 0.269 e. The summed E-state index contributed by atoms with van der Waals surface area (Å²) in [6.07, 6.45) is 2.97. The summed E-state index contributed by atoms with van der Waals surface area (Å²) in [7, 11) is -3.74. The van der Waals surface area contributed by atoms with E-state index in [0.717, 1.165) is 12.0 Å². The lowest BCUT2D eigenvalue weighted by Gasteiger charge is -2.11. The summed E-state index contributed by atoms with van der Waals surface area (Å²) in [5.41, 5.74) is 2.04. The SMILES string of the molecule is CCCc1cc2c(Cl)c(Br)cnc2n1S(=O)(=O)c1ccc(C)cc1. The molecule has 2 heterocycles. The summed E-state index contributed by atoms with van der Waals surface area (Å²) in [4.78, 5) is 4.55. The Kier molecular flexibility index (Phi) is 4.73. The van der Waals surface area contributed by atoms with E-state index in [1.165, 1.54) is 10.2 Å². The monoisotopic (exact) mass is 426 g/mol. The van der Waals surface area contributed by atoms with Gasteiger partial charge in [-0.1, -0.05) is 42.6 Å². The van der Waals surface area contributed by atoms with E-state index < -0.39 is 10.0 Å². The molecule has 3 rings (SSSR count). The number of rotatable bonds is 4. The Balaban J connectivity index is 2.33. The second kappa shape index (κ2) is 6.50. The van der Waals surface area contributed by atoms with Crippen molar-refractivity contribution >= 4 is 48.6 Å². The van der Waals surface area contributed by atoms with E-state index in [0.29, 0.717) is 32.6 Å². The van der Waals surface area contributed by atoms with E-state index in [4.69, 9.17) is 11.6 Å². The number of aromatic nitrogens is 2. The number of benzene rings is 1. The zero-order chi connectivity index (χ0) is 17.5. The van der Waals surface area contributed by atoms with Gasteiger partial charge >= 0.3 is 0 Å². The van der Waals surface area contributed by atoms with E-state index in [-0.39, 0.29) is 4.90 Å². The van der Waals surface area contributed by atoms with Gasteiger partial charge in [-0.05, 0) is 47.5 Å². The van der Waals surface area contributed by atoms with Crippen molar-refractivity contribution in [3.8, 4) is 0 Å². The molecule has 0 bridgehead atoms. The van der Waals surface area contributed by atoms with Crippen molar-refractivity contribution in [3.05, 3.63) is 57.3 Å². The third-order valence-corrected chi connectivity index (χ3v) is 6.81. The molecule has 1 aromatic carbocycles. The number of aryl methyl sites for hydroxylation is 2. The van der Waals surface area contributed by atoms with Crippen LogP contribution in [0.3, 0.4) is 0 Å². The molecule has 24 heavy (non-hydrogen) atoms. The van der Waals surface area contributed by atoms with Gasteiger partial charge in [0.05, 0.1) is 14.4 Å². The molecule has 0 radical (unpaired) electrons. The van der Waals surface area contributed by atoms with Gasteiger partial charge in [-0.15, -0.1) is 0 Å². The molecular weight excluding hydrogens is 412 g/mol. The first kappa shape index (κ1) is 17.5. The number of halogens is 2. The molecule has 3 aromatic rings. The van der Waals surface area contributed by atoms with Gasteiger partial charge in [-0.2, -0.15) is 0 Å². The van der Waals surface area contributed by atoms with Crippen molar-refractivity contribution in [2.45, 2.75) is 31.6 Å². The van der Waals surface area contributed by atoms with Gasteiger partial charge in [0.1, 0.15) is 0 Å². The Hall–Kier alpha value is -1.37. The fourth-order valence-corrected chi connectivity index (χ4v) is 4.66. The molecule has 4 nitrogen and oxygen atoms in total. The van der Waals surface area contributed by atoms with Crippen molar-refractivity contribution in [2.75, 3.05) is 0 Å². The molecule has 0 spiro atoms. The second-order valence-electron chi connectivity index (χ2n) is 5.63. The van der Waals surface area contributed by atoms with Crippen molar-refractivity contribution in [3.63, 3.8) is 0 Å². The van der Waals surface area contributed by atoms with Crippen LogP contribution in [-0.4, -0.2) is 17.4 Å². The highest BCUT2D eigenvalue weighted by molar-refractivity contribution is 9.10. The van der Waals surface area contributed by atoms with Gasteiger partial charge in [0, 0.05) is 17.3 Å². The molecule has 0 aliphatic heterocycles. The molecule has 0 amide bonds. The van der Waals surface area contributed by atoms with Crippen LogP contribution in [0.25, 0.3) is 11.0 Å². The molecule has 0 fully saturated rings. The fourth-order valence-electron chi connectivity index (χ4n) is 2.64. The molecule has 0 atom stereocenters. The molecule has 0 unspecified atom stereocenters. The normalized spacial score (nSPS) is 12.0. The maximum atomic E-state index is 13.2. The lowest BCUT2D eigenvalue weighted by Crippen LogP contribution is -2.16. The summed E-state index contributed by atoms with van der Waals surface area (Å²) >= 11 is 9.67.